The molecule has 0 aromatic heterocycles. The van der Waals surface area contributed by atoms with Gasteiger partial charge >= 0.3 is 11.9 Å². The summed E-state index contributed by atoms with van der Waals surface area (Å²) in [6.07, 6.45) is 0.243. The number of methoxy groups -OCH3 is 1. The molecule has 0 saturated heterocycles. The van der Waals surface area contributed by atoms with Crippen molar-refractivity contribution in [3.05, 3.63) is 0 Å². The minimum absolute atomic E-state index is 0.0834. The van der Waals surface area contributed by atoms with E-state index in [0.717, 1.165) is 0 Å². The molecule has 0 bridgehead atoms. The van der Waals surface area contributed by atoms with E-state index in [9.17, 15) is 9.59 Å². The molecule has 0 rings (SSSR count). The van der Waals surface area contributed by atoms with Gasteiger partial charge < -0.3 is 42.6 Å². The molecular formula is C22H42O11. The lowest BCUT2D eigenvalue weighted by Gasteiger charge is -2.19. The predicted octanol–water partition coefficient (Wildman–Crippen LogP) is 1.01. The average molecular weight is 483 g/mol. The smallest absolute Gasteiger partial charge is 0.332 e. The van der Waals surface area contributed by atoms with Crippen molar-refractivity contribution in [3.8, 4) is 0 Å². The molecule has 11 heteroatoms. The number of rotatable bonds is 23. The number of hydrogen-bond donors (Lipinski definition) is 0. The number of carbonyl (C=O) groups excluding carboxylic acids is 2. The lowest BCUT2D eigenvalue weighted by atomic mass is 10.2. The Morgan fingerprint density at radius 2 is 0.848 bits per heavy atom. The van der Waals surface area contributed by atoms with Gasteiger partial charge in [0.05, 0.1) is 99.4 Å². The van der Waals surface area contributed by atoms with Gasteiger partial charge in [-0.25, -0.2) is 4.79 Å². The van der Waals surface area contributed by atoms with Gasteiger partial charge in [0.25, 0.3) is 0 Å². The molecule has 196 valence electrons. The molecule has 0 fully saturated rings. The second kappa shape index (κ2) is 22.5. The van der Waals surface area contributed by atoms with Gasteiger partial charge in [-0.05, 0) is 20.8 Å². The lowest BCUT2D eigenvalue weighted by Crippen LogP contribution is -2.27. The molecule has 0 saturated carbocycles. The van der Waals surface area contributed by atoms with E-state index in [2.05, 4.69) is 4.74 Å². The summed E-state index contributed by atoms with van der Waals surface area (Å²) < 4.78 is 46.9. The molecule has 0 spiro atoms. The third kappa shape index (κ3) is 26.8. The molecule has 0 heterocycles. The highest BCUT2D eigenvalue weighted by atomic mass is 16.6. The van der Waals surface area contributed by atoms with Crippen molar-refractivity contribution in [3.63, 3.8) is 0 Å². The monoisotopic (exact) mass is 482 g/mol. The van der Waals surface area contributed by atoms with Crippen LogP contribution in [-0.4, -0.2) is 117 Å². The van der Waals surface area contributed by atoms with Crippen LogP contribution >= 0.6 is 0 Å². The van der Waals surface area contributed by atoms with Crippen molar-refractivity contribution in [1.29, 1.82) is 0 Å². The summed E-state index contributed by atoms with van der Waals surface area (Å²) in [5.41, 5.74) is -0.508. The Hall–Kier alpha value is -1.34. The summed E-state index contributed by atoms with van der Waals surface area (Å²) in [6.45, 7) is 11.0. The third-order valence-electron chi connectivity index (χ3n) is 3.55. The van der Waals surface area contributed by atoms with E-state index in [1.165, 1.54) is 7.11 Å². The maximum atomic E-state index is 11.4. The molecule has 0 aliphatic heterocycles. The van der Waals surface area contributed by atoms with Gasteiger partial charge in [0.15, 0.2) is 0 Å². The molecule has 0 unspecified atom stereocenters. The van der Waals surface area contributed by atoms with Crippen molar-refractivity contribution in [1.82, 2.24) is 0 Å². The van der Waals surface area contributed by atoms with Gasteiger partial charge in [0.2, 0.25) is 0 Å². The third-order valence-corrected chi connectivity index (χ3v) is 3.55. The van der Waals surface area contributed by atoms with Crippen LogP contribution in [0.4, 0.5) is 0 Å². The van der Waals surface area contributed by atoms with E-state index in [1.54, 1.807) is 0 Å². The van der Waals surface area contributed by atoms with Crippen LogP contribution in [0.25, 0.3) is 0 Å². The van der Waals surface area contributed by atoms with Crippen LogP contribution < -0.4 is 0 Å². The SMILES string of the molecule is COC(=O)CCOCCOCCOCCOCCOCCOCCOCC(=O)OC(C)(C)C. The van der Waals surface area contributed by atoms with Crippen molar-refractivity contribution in [2.24, 2.45) is 0 Å². The molecule has 0 aliphatic carbocycles. The number of esters is 2. The first-order valence-electron chi connectivity index (χ1n) is 11.2. The zero-order valence-electron chi connectivity index (χ0n) is 20.6. The summed E-state index contributed by atoms with van der Waals surface area (Å²) in [7, 11) is 1.35. The van der Waals surface area contributed by atoms with E-state index < -0.39 is 5.60 Å². The maximum Gasteiger partial charge on any atom is 0.332 e. The van der Waals surface area contributed by atoms with Crippen LogP contribution in [0, 0.1) is 0 Å². The predicted molar refractivity (Wildman–Crippen MR) is 118 cm³/mol. The lowest BCUT2D eigenvalue weighted by molar-refractivity contribution is -0.160. The molecule has 0 aromatic rings. The standard InChI is InChI=1S/C22H42O11/c1-22(2,3)33-21(24)19-32-18-17-31-16-15-30-14-13-29-12-11-28-10-9-27-8-7-26-6-5-20(23)25-4/h5-19H2,1-4H3. The first kappa shape index (κ1) is 31.7. The Labute approximate surface area is 197 Å². The second-order valence-electron chi connectivity index (χ2n) is 7.64. The molecule has 33 heavy (non-hydrogen) atoms. The molecule has 0 atom stereocenters. The average Bonchev–Trinajstić information content (AvgIpc) is 2.75. The maximum absolute atomic E-state index is 11.4. The molecule has 0 radical (unpaired) electrons. The second-order valence-corrected chi connectivity index (χ2v) is 7.64. The van der Waals surface area contributed by atoms with E-state index in [1.807, 2.05) is 20.8 Å². The van der Waals surface area contributed by atoms with E-state index in [-0.39, 0.29) is 25.0 Å². The topological polar surface area (TPSA) is 117 Å². The number of ether oxygens (including phenoxy) is 9. The highest BCUT2D eigenvalue weighted by Gasteiger charge is 2.15. The summed E-state index contributed by atoms with van der Waals surface area (Å²) >= 11 is 0. The Balaban J connectivity index is 3.13. The molecule has 0 aromatic carbocycles. The first-order chi connectivity index (χ1) is 15.8. The highest BCUT2D eigenvalue weighted by molar-refractivity contribution is 5.71. The molecular weight excluding hydrogens is 440 g/mol. The Morgan fingerprint density at radius 1 is 0.515 bits per heavy atom. The van der Waals surface area contributed by atoms with Gasteiger partial charge in [-0.2, -0.15) is 0 Å². The summed E-state index contributed by atoms with van der Waals surface area (Å²) in [5, 5.41) is 0. The van der Waals surface area contributed by atoms with E-state index >= 15 is 0 Å². The highest BCUT2D eigenvalue weighted by Crippen LogP contribution is 2.06. The minimum Gasteiger partial charge on any atom is -0.469 e. The van der Waals surface area contributed by atoms with Crippen LogP contribution in [0.15, 0.2) is 0 Å². The molecule has 0 N–H and O–H groups in total. The van der Waals surface area contributed by atoms with Gasteiger partial charge in [-0.3, -0.25) is 4.79 Å². The van der Waals surface area contributed by atoms with E-state index in [0.29, 0.717) is 85.9 Å². The van der Waals surface area contributed by atoms with Crippen LogP contribution in [0.5, 0.6) is 0 Å². The van der Waals surface area contributed by atoms with Crippen molar-refractivity contribution in [2.75, 3.05) is 99.6 Å². The quantitative estimate of drug-likeness (QED) is 0.153. The number of carbonyl (C=O) groups is 2. The normalized spacial score (nSPS) is 11.5. The minimum atomic E-state index is -0.508. The first-order valence-corrected chi connectivity index (χ1v) is 11.2. The Morgan fingerprint density at radius 3 is 1.18 bits per heavy atom. The van der Waals surface area contributed by atoms with E-state index in [4.69, 9.17) is 37.9 Å². The zero-order valence-corrected chi connectivity index (χ0v) is 20.6. The fraction of sp³-hybridized carbons (Fsp3) is 0.909. The van der Waals surface area contributed by atoms with Crippen molar-refractivity contribution < 1.29 is 52.2 Å². The number of hydrogen-bond acceptors (Lipinski definition) is 11. The van der Waals surface area contributed by atoms with Gasteiger partial charge in [0, 0.05) is 0 Å². The fourth-order valence-electron chi connectivity index (χ4n) is 2.10. The van der Waals surface area contributed by atoms with Gasteiger partial charge in [-0.15, -0.1) is 0 Å². The molecule has 11 nitrogen and oxygen atoms in total. The largest absolute Gasteiger partial charge is 0.469 e. The van der Waals surface area contributed by atoms with Crippen LogP contribution in [0.2, 0.25) is 0 Å². The summed E-state index contributed by atoms with van der Waals surface area (Å²) in [5.74, 6) is -0.678. The molecule has 0 aliphatic rings. The zero-order chi connectivity index (χ0) is 24.6. The van der Waals surface area contributed by atoms with Gasteiger partial charge in [-0.1, -0.05) is 0 Å². The van der Waals surface area contributed by atoms with Crippen LogP contribution in [-0.2, 0) is 52.2 Å². The van der Waals surface area contributed by atoms with Crippen molar-refractivity contribution >= 4 is 11.9 Å². The van der Waals surface area contributed by atoms with Crippen LogP contribution in [0.3, 0.4) is 0 Å². The van der Waals surface area contributed by atoms with Crippen molar-refractivity contribution in [2.45, 2.75) is 32.8 Å². The van der Waals surface area contributed by atoms with Crippen LogP contribution in [0.1, 0.15) is 27.2 Å². The fourth-order valence-corrected chi connectivity index (χ4v) is 2.10. The Kier molecular flexibility index (Phi) is 21.5. The summed E-state index contributed by atoms with van der Waals surface area (Å²) in [4.78, 5) is 22.3. The Bertz CT molecular complexity index is 466. The molecule has 0 amide bonds. The van der Waals surface area contributed by atoms with Gasteiger partial charge in [0.1, 0.15) is 12.2 Å². The summed E-state index contributed by atoms with van der Waals surface area (Å²) in [6, 6.07) is 0.